The number of fused-ring (bicyclic) bond motifs is 1. The fourth-order valence-electron chi connectivity index (χ4n) is 3.27. The fourth-order valence-corrected chi connectivity index (χ4v) is 3.47. The summed E-state index contributed by atoms with van der Waals surface area (Å²) in [6.07, 6.45) is -0.0531. The summed E-state index contributed by atoms with van der Waals surface area (Å²) in [6.45, 7) is -0.934. The Kier molecular flexibility index (Phi) is 4.43. The van der Waals surface area contributed by atoms with Gasteiger partial charge in [-0.1, -0.05) is 23.7 Å². The Balaban J connectivity index is 1.70. The number of amides is 1. The quantitative estimate of drug-likeness (QED) is 0.442. The molecule has 31 heavy (non-hydrogen) atoms. The number of nitrogens with zero attached hydrogens (tertiary/aromatic N) is 3. The van der Waals surface area contributed by atoms with Gasteiger partial charge in [-0.25, -0.2) is 14.4 Å². The summed E-state index contributed by atoms with van der Waals surface area (Å²) in [5, 5.41) is 13.1. The first-order valence-corrected chi connectivity index (χ1v) is 9.53. The maximum absolute atomic E-state index is 15.1. The molecule has 1 unspecified atom stereocenters. The molecule has 4 rings (SSSR count). The second-order valence-electron chi connectivity index (χ2n) is 6.91. The number of anilines is 2. The van der Waals surface area contributed by atoms with E-state index in [1.807, 2.05) is 0 Å². The van der Waals surface area contributed by atoms with Crippen molar-refractivity contribution in [2.24, 2.45) is 0 Å². The van der Waals surface area contributed by atoms with Crippen molar-refractivity contribution < 1.29 is 18.4 Å². The van der Waals surface area contributed by atoms with Gasteiger partial charge < -0.3 is 16.2 Å². The molecule has 158 valence electrons. The van der Waals surface area contributed by atoms with Crippen molar-refractivity contribution in [3.8, 4) is 11.3 Å². The molecule has 4 N–H and O–H groups in total. The minimum atomic E-state index is -2.58. The van der Waals surface area contributed by atoms with Crippen molar-refractivity contribution in [1.29, 1.82) is 0 Å². The lowest BCUT2D eigenvalue weighted by Gasteiger charge is -2.13. The second-order valence-corrected chi connectivity index (χ2v) is 7.35. The molecule has 0 saturated heterocycles. The van der Waals surface area contributed by atoms with Crippen molar-refractivity contribution in [3.63, 3.8) is 0 Å². The van der Waals surface area contributed by atoms with Gasteiger partial charge in [-0.15, -0.1) is 0 Å². The molecule has 0 aliphatic carbocycles. The highest BCUT2D eigenvalue weighted by Gasteiger charge is 2.20. The summed E-state index contributed by atoms with van der Waals surface area (Å²) in [4.78, 5) is 20.7. The number of imidazole rings is 1. The van der Waals surface area contributed by atoms with Crippen LogP contribution in [0, 0.1) is 19.6 Å². The number of nitrogens with two attached hydrogens (primary N) is 1. The minimum absolute atomic E-state index is 0.000534. The van der Waals surface area contributed by atoms with E-state index in [-0.39, 0.29) is 39.7 Å². The molecule has 2 aromatic heterocycles. The van der Waals surface area contributed by atoms with E-state index in [2.05, 4.69) is 15.3 Å². The highest BCUT2D eigenvalue weighted by Crippen LogP contribution is 2.31. The average Bonchev–Trinajstić information content (AvgIpc) is 3.13. The molecule has 0 fully saturated rings. The van der Waals surface area contributed by atoms with E-state index < -0.39 is 24.7 Å². The lowest BCUT2D eigenvalue weighted by atomic mass is 10.1. The topological polar surface area (TPSA) is 106 Å². The number of nitrogen functional groups attached to an aromatic ring is 1. The number of aliphatic hydroxyl groups is 1. The number of hydrogen-bond acceptors (Lipinski definition) is 5. The number of aliphatic hydroxyl groups excluding tert-OH is 1. The van der Waals surface area contributed by atoms with Crippen LogP contribution in [0.15, 0.2) is 48.7 Å². The Hall–Kier alpha value is -3.49. The predicted octanol–water partition coefficient (Wildman–Crippen LogP) is 4.06. The monoisotopic (exact) mass is 442 g/mol. The number of aromatic nitrogens is 3. The number of nitrogens with one attached hydrogen (secondary N) is 1. The number of carbonyl (C=O) groups is 1. The van der Waals surface area contributed by atoms with Gasteiger partial charge in [0.15, 0.2) is 6.10 Å². The molecule has 0 bridgehead atoms. The van der Waals surface area contributed by atoms with E-state index >= 15 is 4.39 Å². The molecule has 9 heteroatoms. The van der Waals surface area contributed by atoms with Gasteiger partial charge in [-0.05, 0) is 49.7 Å². The largest absolute Gasteiger partial charge is 0.382 e. The Labute approximate surface area is 186 Å². The van der Waals surface area contributed by atoms with Crippen LogP contribution in [0.2, 0.25) is 5.02 Å². The Morgan fingerprint density at radius 3 is 2.84 bits per heavy atom. The van der Waals surface area contributed by atoms with Crippen molar-refractivity contribution in [3.05, 3.63) is 76.6 Å². The van der Waals surface area contributed by atoms with E-state index in [4.69, 9.17) is 21.4 Å². The van der Waals surface area contributed by atoms with Gasteiger partial charge in [0, 0.05) is 26.6 Å². The first-order valence-electron chi connectivity index (χ1n) is 10.7. The first kappa shape index (κ1) is 17.2. The summed E-state index contributed by atoms with van der Waals surface area (Å²) in [6, 6.07) is 9.95. The van der Waals surface area contributed by atoms with Gasteiger partial charge >= 0.3 is 0 Å². The smallest absolute Gasteiger partial charge is 0.257 e. The van der Waals surface area contributed by atoms with E-state index in [9.17, 15) is 9.90 Å². The Bertz CT molecular complexity index is 1420. The van der Waals surface area contributed by atoms with Crippen LogP contribution in [0.1, 0.15) is 27.3 Å². The highest BCUT2D eigenvalue weighted by molar-refractivity contribution is 6.30. The number of hydrogen-bond donors (Lipinski definition) is 3. The van der Waals surface area contributed by atoms with Crippen LogP contribution in [0.5, 0.6) is 0 Å². The normalized spacial score (nSPS) is 14.0. The minimum Gasteiger partial charge on any atom is -0.382 e. The third kappa shape index (κ3) is 3.95. The van der Waals surface area contributed by atoms with E-state index in [0.717, 1.165) is 6.07 Å². The van der Waals surface area contributed by atoms with Crippen molar-refractivity contribution in [2.45, 2.75) is 19.9 Å². The number of halogens is 2. The summed E-state index contributed by atoms with van der Waals surface area (Å²) >= 11 is 5.89. The van der Waals surface area contributed by atoms with Gasteiger partial charge in [0.05, 0.1) is 5.69 Å². The molecule has 1 atom stereocenters. The molecule has 0 aliphatic rings. The van der Waals surface area contributed by atoms with Crippen molar-refractivity contribution in [1.82, 2.24) is 14.4 Å². The third-order valence-corrected chi connectivity index (χ3v) is 4.91. The molecule has 7 nitrogen and oxygen atoms in total. The van der Waals surface area contributed by atoms with Gasteiger partial charge in [0.2, 0.25) is 0 Å². The second kappa shape index (κ2) is 7.98. The molecule has 0 radical (unpaired) electrons. The Morgan fingerprint density at radius 1 is 1.32 bits per heavy atom. The molecule has 2 heterocycles. The maximum atomic E-state index is 15.1. The van der Waals surface area contributed by atoms with Crippen molar-refractivity contribution in [2.75, 3.05) is 11.1 Å². The van der Waals surface area contributed by atoms with Crippen LogP contribution in [0.3, 0.4) is 0 Å². The zero-order chi connectivity index (χ0) is 24.8. The van der Waals surface area contributed by atoms with Crippen LogP contribution in [0.4, 0.5) is 15.9 Å². The van der Waals surface area contributed by atoms with Crippen LogP contribution in [-0.2, 0) is 4.79 Å². The summed E-state index contributed by atoms with van der Waals surface area (Å²) in [7, 11) is 0. The lowest BCUT2D eigenvalue weighted by Crippen LogP contribution is -2.20. The van der Waals surface area contributed by atoms with Gasteiger partial charge in [-0.3, -0.25) is 9.20 Å². The Morgan fingerprint density at radius 2 is 2.13 bits per heavy atom. The van der Waals surface area contributed by atoms with Crippen LogP contribution in [-0.4, -0.2) is 25.4 Å². The first-order chi connectivity index (χ1) is 16.0. The number of carbonyl (C=O) groups excluding carboxylic acids is 1. The lowest BCUT2D eigenvalue weighted by molar-refractivity contribution is -0.124. The summed E-state index contributed by atoms with van der Waals surface area (Å²) < 4.78 is 39.7. The molecule has 2 aromatic carbocycles. The highest BCUT2D eigenvalue weighted by atomic mass is 35.5. The van der Waals surface area contributed by atoms with Crippen LogP contribution in [0.25, 0.3) is 16.8 Å². The molecular weight excluding hydrogens is 421 g/mol. The molecule has 0 spiro atoms. The average molecular weight is 443 g/mol. The van der Waals surface area contributed by atoms with Crippen LogP contribution < -0.4 is 11.1 Å². The van der Waals surface area contributed by atoms with E-state index in [0.29, 0.717) is 10.7 Å². The number of rotatable bonds is 4. The van der Waals surface area contributed by atoms with E-state index in [1.165, 1.54) is 34.9 Å². The number of aryl methyl sites for hydroxylation is 2. The standard InChI is InChI=1S/C22H19ClFN5O2/c1-11-10-29-12(2)27-18(19(29)21(25)26-11)16-7-6-15(9-17(16)24)28-22(31)20(30)13-4-3-5-14(23)8-13/h3-10,20,30H,1-2H3,(H2,25,26)(H,28,31)/i2D3. The van der Waals surface area contributed by atoms with Gasteiger partial charge in [0.25, 0.3) is 5.91 Å². The zero-order valence-corrected chi connectivity index (χ0v) is 17.0. The molecule has 1 amide bonds. The van der Waals surface area contributed by atoms with Gasteiger partial charge in [0.1, 0.15) is 28.7 Å². The predicted molar refractivity (Wildman–Crippen MR) is 117 cm³/mol. The van der Waals surface area contributed by atoms with Crippen LogP contribution >= 0.6 is 11.6 Å². The van der Waals surface area contributed by atoms with E-state index in [1.54, 1.807) is 19.1 Å². The molecular formula is C22H19ClFN5O2. The van der Waals surface area contributed by atoms with Gasteiger partial charge in [-0.2, -0.15) is 0 Å². The fraction of sp³-hybridized carbons (Fsp3) is 0.136. The summed E-state index contributed by atoms with van der Waals surface area (Å²) in [5.41, 5.74) is 6.98. The maximum Gasteiger partial charge on any atom is 0.257 e. The SMILES string of the molecule is [2H]C([2H])([2H])c1nc(-c2ccc(NC(=O)C(O)c3cccc(Cl)c3)cc2F)c2c(N)nc(C)cn12. The number of benzene rings is 2. The molecule has 0 aliphatic heterocycles. The molecule has 0 saturated carbocycles. The van der Waals surface area contributed by atoms with Crippen molar-refractivity contribution >= 4 is 34.5 Å². The summed E-state index contributed by atoms with van der Waals surface area (Å²) in [5.74, 6) is -1.85. The molecule has 4 aromatic rings. The zero-order valence-electron chi connectivity index (χ0n) is 19.2. The third-order valence-electron chi connectivity index (χ3n) is 4.67.